The van der Waals surface area contributed by atoms with Crippen LogP contribution in [-0.4, -0.2) is 68.5 Å². The average molecular weight is 1120 g/mol. The van der Waals surface area contributed by atoms with E-state index < -0.39 is 20.0 Å². The minimum atomic E-state index is -4.61. The van der Waals surface area contributed by atoms with Crippen molar-refractivity contribution >= 4 is 13.7 Å². The van der Waals surface area contributed by atoms with Crippen LogP contribution in [0.15, 0.2) is 97.2 Å². The van der Waals surface area contributed by atoms with Crippen molar-refractivity contribution in [3.05, 3.63) is 97.2 Å². The van der Waals surface area contributed by atoms with E-state index in [0.717, 1.165) is 83.5 Å². The number of phosphoric acid groups is 1. The van der Waals surface area contributed by atoms with E-state index in [2.05, 4.69) is 104 Å². The van der Waals surface area contributed by atoms with Gasteiger partial charge in [0.2, 0.25) is 5.91 Å². The minimum Gasteiger partial charge on any atom is -0.756 e. The summed E-state index contributed by atoms with van der Waals surface area (Å²) in [4.78, 5) is 25.6. The summed E-state index contributed by atoms with van der Waals surface area (Å²) in [5, 5.41) is 13.9. The fourth-order valence-electron chi connectivity index (χ4n) is 9.43. The molecule has 8 nitrogen and oxygen atoms in total. The van der Waals surface area contributed by atoms with Crippen molar-refractivity contribution < 1.29 is 32.9 Å². The van der Waals surface area contributed by atoms with Crippen molar-refractivity contribution in [2.24, 2.45) is 0 Å². The lowest BCUT2D eigenvalue weighted by molar-refractivity contribution is -0.870. The number of carbonyl (C=O) groups is 1. The van der Waals surface area contributed by atoms with Crippen LogP contribution < -0.4 is 10.2 Å². The molecule has 0 bridgehead atoms. The van der Waals surface area contributed by atoms with Crippen LogP contribution in [0.4, 0.5) is 0 Å². The summed E-state index contributed by atoms with van der Waals surface area (Å²) in [6.45, 7) is 4.56. The van der Waals surface area contributed by atoms with Crippen molar-refractivity contribution in [2.45, 2.75) is 302 Å². The van der Waals surface area contributed by atoms with Gasteiger partial charge >= 0.3 is 0 Å². The largest absolute Gasteiger partial charge is 0.756 e. The molecule has 9 heteroatoms. The molecule has 0 aromatic carbocycles. The molecule has 79 heavy (non-hydrogen) atoms. The van der Waals surface area contributed by atoms with Gasteiger partial charge in [0, 0.05) is 6.42 Å². The highest BCUT2D eigenvalue weighted by molar-refractivity contribution is 7.45. The fourth-order valence-corrected chi connectivity index (χ4v) is 10.2. The summed E-state index contributed by atoms with van der Waals surface area (Å²) in [6.07, 6.45) is 86.4. The molecule has 3 unspecified atom stereocenters. The Bertz CT molecular complexity index is 1610. The van der Waals surface area contributed by atoms with E-state index >= 15 is 0 Å². The number of nitrogens with zero attached hydrogens (tertiary/aromatic N) is 1. The number of likely N-dealkylation sites (N-methyl/N-ethyl adjacent to an activating group) is 1. The van der Waals surface area contributed by atoms with Gasteiger partial charge in [0.25, 0.3) is 7.82 Å². The van der Waals surface area contributed by atoms with Crippen LogP contribution in [-0.2, 0) is 18.4 Å². The Morgan fingerprint density at radius 3 is 1.13 bits per heavy atom. The smallest absolute Gasteiger partial charge is 0.268 e. The second-order valence-corrected chi connectivity index (χ2v) is 24.9. The molecule has 0 spiro atoms. The first-order valence-electron chi connectivity index (χ1n) is 33.1. The maximum absolute atomic E-state index is 13.0. The molecule has 0 aliphatic heterocycles. The number of phosphoric ester groups is 1. The molecular formula is C70H127N2O6P. The number of aliphatic hydroxyl groups is 1. The molecule has 0 radical (unpaired) electrons. The highest BCUT2D eigenvalue weighted by Gasteiger charge is 2.23. The van der Waals surface area contributed by atoms with Crippen LogP contribution in [0.5, 0.6) is 0 Å². The third-order valence-electron chi connectivity index (χ3n) is 14.5. The zero-order chi connectivity index (χ0) is 57.7. The van der Waals surface area contributed by atoms with Gasteiger partial charge in [-0.15, -0.1) is 0 Å². The Balaban J connectivity index is 4.15. The molecule has 458 valence electrons. The topological polar surface area (TPSA) is 108 Å². The van der Waals surface area contributed by atoms with E-state index in [1.54, 1.807) is 6.08 Å². The molecule has 3 atom stereocenters. The number of quaternary nitrogens is 1. The van der Waals surface area contributed by atoms with Crippen molar-refractivity contribution in [3.63, 3.8) is 0 Å². The zero-order valence-corrected chi connectivity index (χ0v) is 53.2. The molecular weight excluding hydrogens is 996 g/mol. The normalized spacial score (nSPS) is 14.4. The van der Waals surface area contributed by atoms with Gasteiger partial charge in [-0.2, -0.15) is 0 Å². The molecule has 1 amide bonds. The lowest BCUT2D eigenvalue weighted by Crippen LogP contribution is -2.45. The third-order valence-corrected chi connectivity index (χ3v) is 15.5. The fraction of sp³-hybridized carbons (Fsp3) is 0.757. The molecule has 0 rings (SSSR count). The van der Waals surface area contributed by atoms with Gasteiger partial charge in [-0.3, -0.25) is 9.36 Å². The first kappa shape index (κ1) is 76.4. The van der Waals surface area contributed by atoms with Crippen LogP contribution in [0.3, 0.4) is 0 Å². The highest BCUT2D eigenvalue weighted by Crippen LogP contribution is 2.38. The van der Waals surface area contributed by atoms with Gasteiger partial charge in [-0.25, -0.2) is 0 Å². The minimum absolute atomic E-state index is 0.00492. The van der Waals surface area contributed by atoms with Gasteiger partial charge in [0.1, 0.15) is 13.2 Å². The Kier molecular flexibility index (Phi) is 58.1. The highest BCUT2D eigenvalue weighted by atomic mass is 31.2. The van der Waals surface area contributed by atoms with Crippen LogP contribution in [0.25, 0.3) is 0 Å². The van der Waals surface area contributed by atoms with Crippen molar-refractivity contribution in [2.75, 3.05) is 40.9 Å². The number of hydrogen-bond donors (Lipinski definition) is 2. The van der Waals surface area contributed by atoms with E-state index in [4.69, 9.17) is 9.05 Å². The van der Waals surface area contributed by atoms with E-state index in [0.29, 0.717) is 17.4 Å². The van der Waals surface area contributed by atoms with Gasteiger partial charge in [0.15, 0.2) is 0 Å². The SMILES string of the molecule is CC/C=C\C/C=C\C/C=C\C/C=C\C/C=C\C/C=C\C/C=C\CCCCCCCCCCCCCC(=O)NC(COP(=O)([O-])OCC[N+](C)(C)C)C(O)/C=C/CCCCCCCCCCCCCCCCCCCCCCCC. The lowest BCUT2D eigenvalue weighted by atomic mass is 10.0. The van der Waals surface area contributed by atoms with E-state index in [1.807, 2.05) is 27.2 Å². The van der Waals surface area contributed by atoms with Gasteiger partial charge in [0.05, 0.1) is 39.9 Å². The summed E-state index contributed by atoms with van der Waals surface area (Å²) >= 11 is 0. The first-order valence-corrected chi connectivity index (χ1v) is 34.6. The number of hydrogen-bond acceptors (Lipinski definition) is 6. The second-order valence-electron chi connectivity index (χ2n) is 23.4. The number of amides is 1. The quantitative estimate of drug-likeness (QED) is 0.0272. The maximum atomic E-state index is 13.0. The number of unbranched alkanes of at least 4 members (excludes halogenated alkanes) is 33. The van der Waals surface area contributed by atoms with Crippen molar-refractivity contribution in [1.29, 1.82) is 0 Å². The Hall–Kier alpha value is -2.58. The number of nitrogens with one attached hydrogen (secondary N) is 1. The summed E-state index contributed by atoms with van der Waals surface area (Å²) in [5.74, 6) is -0.201. The number of aliphatic hydroxyl groups excluding tert-OH is 1. The van der Waals surface area contributed by atoms with Crippen molar-refractivity contribution in [3.8, 4) is 0 Å². The Morgan fingerprint density at radius 2 is 0.772 bits per heavy atom. The molecule has 0 saturated carbocycles. The monoisotopic (exact) mass is 1120 g/mol. The van der Waals surface area contributed by atoms with Gasteiger partial charge in [-0.05, 0) is 77.0 Å². The summed E-state index contributed by atoms with van der Waals surface area (Å²) in [5.41, 5.74) is 0. The van der Waals surface area contributed by atoms with Gasteiger partial charge < -0.3 is 28.8 Å². The number of allylic oxidation sites excluding steroid dienone is 15. The predicted molar refractivity (Wildman–Crippen MR) is 343 cm³/mol. The molecule has 0 fully saturated rings. The summed E-state index contributed by atoms with van der Waals surface area (Å²) < 4.78 is 23.4. The van der Waals surface area contributed by atoms with Gasteiger partial charge in [-0.1, -0.05) is 304 Å². The zero-order valence-electron chi connectivity index (χ0n) is 52.3. The maximum Gasteiger partial charge on any atom is 0.268 e. The second kappa shape index (κ2) is 60.0. The lowest BCUT2D eigenvalue weighted by Gasteiger charge is -2.29. The Labute approximate surface area is 489 Å². The average Bonchev–Trinajstić information content (AvgIpc) is 3.42. The molecule has 0 aliphatic rings. The first-order chi connectivity index (χ1) is 38.5. The van der Waals surface area contributed by atoms with Crippen LogP contribution in [0, 0.1) is 0 Å². The van der Waals surface area contributed by atoms with Crippen LogP contribution in [0.2, 0.25) is 0 Å². The number of carbonyl (C=O) groups excluding carboxylic acids is 1. The molecule has 0 aromatic heterocycles. The third kappa shape index (κ3) is 62.9. The summed E-state index contributed by atoms with van der Waals surface area (Å²) in [6, 6.07) is -0.895. The van der Waals surface area contributed by atoms with Crippen LogP contribution >= 0.6 is 7.82 Å². The molecule has 0 aliphatic carbocycles. The molecule has 0 aromatic rings. The molecule has 0 saturated heterocycles. The Morgan fingerprint density at radius 1 is 0.456 bits per heavy atom. The van der Waals surface area contributed by atoms with E-state index in [1.165, 1.54) is 186 Å². The predicted octanol–water partition coefficient (Wildman–Crippen LogP) is 20.3. The van der Waals surface area contributed by atoms with E-state index in [9.17, 15) is 19.4 Å². The van der Waals surface area contributed by atoms with Crippen LogP contribution in [0.1, 0.15) is 290 Å². The molecule has 2 N–H and O–H groups in total. The number of rotatable bonds is 60. The van der Waals surface area contributed by atoms with Crippen molar-refractivity contribution in [1.82, 2.24) is 5.32 Å². The standard InChI is InChI=1S/C70H127N2O6P/c1-6-8-10-12-14-16-18-20-22-24-26-28-30-32-33-34-35-36-37-38-39-40-42-44-46-48-50-52-54-56-58-60-62-64-70(74)71-68(67-78-79(75,76)77-66-65-72(3,4)5)69(73)63-61-59-57-55-53-51-49-47-45-43-41-31-29-27-25-23-21-19-17-15-13-11-9-7-2/h8,10,14,16,20,22,26,28,32-33,35-36,38-39,61,63,68-69,73H,6-7,9,11-13,15,17-19,21,23-25,27,29-31,34,37,40-60,62,64-67H2,1-5H3,(H-,71,74,75,76)/b10-8-,16-14-,22-20-,28-26-,33-32-,36-35-,39-38-,63-61+. The molecule has 0 heterocycles. The summed E-state index contributed by atoms with van der Waals surface area (Å²) in [7, 11) is 1.26. The van der Waals surface area contributed by atoms with E-state index in [-0.39, 0.29) is 19.1 Å².